The molecule has 0 radical (unpaired) electrons. The molecule has 1 N–H and O–H groups in total. The monoisotopic (exact) mass is 259 g/mol. The number of nitrogens with one attached hydrogen (secondary N) is 1. The van der Waals surface area contributed by atoms with Crippen molar-refractivity contribution in [3.63, 3.8) is 0 Å². The van der Waals surface area contributed by atoms with Crippen molar-refractivity contribution in [2.75, 3.05) is 6.54 Å². The van der Waals surface area contributed by atoms with E-state index in [9.17, 15) is 13.6 Å². The average Bonchev–Trinajstić information content (AvgIpc) is 2.89. The second kappa shape index (κ2) is 3.63. The number of carbonyl (C=O) groups is 1. The summed E-state index contributed by atoms with van der Waals surface area (Å²) in [5, 5.41) is 4.02. The van der Waals surface area contributed by atoms with E-state index in [2.05, 4.69) is 10.3 Å². The maximum absolute atomic E-state index is 14.2. The molecule has 3 rings (SSSR count). The number of fused-ring (bicyclic) bond motifs is 2. The zero-order chi connectivity index (χ0) is 12.0. The Kier molecular flexibility index (Phi) is 2.32. The zero-order valence-electron chi connectivity index (χ0n) is 8.90. The number of hydrogen-bond donors (Lipinski definition) is 1. The molecule has 4 nitrogen and oxygen atoms in total. The molecule has 2 atom stereocenters. The highest BCUT2D eigenvalue weighted by atomic mass is 32.1. The van der Waals surface area contributed by atoms with E-state index in [1.165, 1.54) is 16.5 Å². The SMILES string of the molecule is O=C1NC2CC[C@@H](C(F)(F)c3nccs3)N1C2. The van der Waals surface area contributed by atoms with Crippen molar-refractivity contribution in [3.05, 3.63) is 16.6 Å². The van der Waals surface area contributed by atoms with Crippen LogP contribution in [0.15, 0.2) is 11.6 Å². The molecule has 7 heteroatoms. The first-order valence-electron chi connectivity index (χ1n) is 5.44. The first-order valence-corrected chi connectivity index (χ1v) is 6.32. The number of nitrogens with zero attached hydrogens (tertiary/aromatic N) is 2. The number of aromatic nitrogens is 1. The number of halogens is 2. The van der Waals surface area contributed by atoms with Gasteiger partial charge < -0.3 is 10.2 Å². The van der Waals surface area contributed by atoms with Gasteiger partial charge in [-0.2, -0.15) is 8.78 Å². The van der Waals surface area contributed by atoms with Crippen LogP contribution in [0.2, 0.25) is 0 Å². The van der Waals surface area contributed by atoms with Crippen LogP contribution in [0.3, 0.4) is 0 Å². The second-order valence-electron chi connectivity index (χ2n) is 4.35. The number of piperidine rings is 1. The fourth-order valence-electron chi connectivity index (χ4n) is 2.48. The summed E-state index contributed by atoms with van der Waals surface area (Å²) in [5.41, 5.74) is 0. The Morgan fingerprint density at radius 3 is 3.06 bits per heavy atom. The van der Waals surface area contributed by atoms with Gasteiger partial charge in [-0.25, -0.2) is 9.78 Å². The molecule has 3 heterocycles. The van der Waals surface area contributed by atoms with Gasteiger partial charge in [0.2, 0.25) is 0 Å². The van der Waals surface area contributed by atoms with E-state index < -0.39 is 12.0 Å². The normalized spacial score (nSPS) is 28.4. The first kappa shape index (κ1) is 10.9. The largest absolute Gasteiger partial charge is 0.333 e. The van der Waals surface area contributed by atoms with E-state index in [1.54, 1.807) is 0 Å². The van der Waals surface area contributed by atoms with Crippen molar-refractivity contribution >= 4 is 17.4 Å². The van der Waals surface area contributed by atoms with Gasteiger partial charge in [-0.1, -0.05) is 0 Å². The quantitative estimate of drug-likeness (QED) is 0.880. The van der Waals surface area contributed by atoms with Crippen molar-refractivity contribution in [3.8, 4) is 0 Å². The number of rotatable bonds is 2. The minimum Gasteiger partial charge on any atom is -0.333 e. The predicted octanol–water partition coefficient (Wildman–Crippen LogP) is 1.79. The smallest absolute Gasteiger partial charge is 0.318 e. The summed E-state index contributed by atoms with van der Waals surface area (Å²) in [4.78, 5) is 16.5. The summed E-state index contributed by atoms with van der Waals surface area (Å²) in [6, 6.07) is -1.41. The maximum atomic E-state index is 14.2. The van der Waals surface area contributed by atoms with E-state index in [-0.39, 0.29) is 17.1 Å². The van der Waals surface area contributed by atoms with Gasteiger partial charge in [0, 0.05) is 24.2 Å². The van der Waals surface area contributed by atoms with Gasteiger partial charge in [0.1, 0.15) is 6.04 Å². The van der Waals surface area contributed by atoms with Crippen molar-refractivity contribution in [2.24, 2.45) is 0 Å². The third kappa shape index (κ3) is 1.60. The maximum Gasteiger partial charge on any atom is 0.318 e. The van der Waals surface area contributed by atoms with Crippen LogP contribution >= 0.6 is 11.3 Å². The van der Waals surface area contributed by atoms with Gasteiger partial charge >= 0.3 is 12.0 Å². The van der Waals surface area contributed by atoms with Gasteiger partial charge in [-0.3, -0.25) is 0 Å². The van der Waals surface area contributed by atoms with Crippen LogP contribution in [0.4, 0.5) is 13.6 Å². The highest BCUT2D eigenvalue weighted by Crippen LogP contribution is 2.41. The molecule has 0 aliphatic carbocycles. The molecule has 2 aliphatic rings. The first-order chi connectivity index (χ1) is 8.09. The third-order valence-corrected chi connectivity index (χ3v) is 4.16. The van der Waals surface area contributed by atoms with Crippen LogP contribution in [0, 0.1) is 0 Å². The Hall–Kier alpha value is -1.24. The number of carbonyl (C=O) groups excluding carboxylic acids is 1. The minimum absolute atomic E-state index is 0.0332. The lowest BCUT2D eigenvalue weighted by Crippen LogP contribution is -2.49. The van der Waals surface area contributed by atoms with Gasteiger partial charge in [-0.15, -0.1) is 11.3 Å². The van der Waals surface area contributed by atoms with E-state index in [1.807, 2.05) is 0 Å². The Balaban J connectivity index is 1.91. The highest BCUT2D eigenvalue weighted by Gasteiger charge is 2.52. The van der Waals surface area contributed by atoms with Crippen LogP contribution in [0.25, 0.3) is 0 Å². The number of alkyl halides is 2. The van der Waals surface area contributed by atoms with Crippen LogP contribution in [0.1, 0.15) is 17.8 Å². The Morgan fingerprint density at radius 1 is 1.53 bits per heavy atom. The summed E-state index contributed by atoms with van der Waals surface area (Å²) < 4.78 is 28.5. The molecule has 1 unspecified atom stereocenters. The molecule has 2 bridgehead atoms. The Morgan fingerprint density at radius 2 is 2.35 bits per heavy atom. The minimum atomic E-state index is -3.05. The van der Waals surface area contributed by atoms with Crippen molar-refractivity contribution in [1.82, 2.24) is 15.2 Å². The molecule has 2 saturated heterocycles. The van der Waals surface area contributed by atoms with Gasteiger partial charge in [-0.05, 0) is 12.8 Å². The van der Waals surface area contributed by atoms with E-state index in [0.29, 0.717) is 19.4 Å². The fourth-order valence-corrected chi connectivity index (χ4v) is 3.14. The summed E-state index contributed by atoms with van der Waals surface area (Å²) in [5.74, 6) is -3.05. The number of urea groups is 1. The summed E-state index contributed by atoms with van der Waals surface area (Å²) in [6.45, 7) is 0.379. The zero-order valence-corrected chi connectivity index (χ0v) is 9.71. The molecule has 0 spiro atoms. The average molecular weight is 259 g/mol. The number of hydrogen-bond acceptors (Lipinski definition) is 3. The van der Waals surface area contributed by atoms with Crippen LogP contribution < -0.4 is 5.32 Å². The molecule has 0 aromatic carbocycles. The van der Waals surface area contributed by atoms with Crippen LogP contribution in [-0.2, 0) is 5.92 Å². The van der Waals surface area contributed by atoms with Crippen molar-refractivity contribution in [2.45, 2.75) is 30.8 Å². The summed E-state index contributed by atoms with van der Waals surface area (Å²) in [6.07, 6.45) is 2.29. The molecule has 2 amide bonds. The molecule has 0 saturated carbocycles. The second-order valence-corrected chi connectivity index (χ2v) is 5.25. The molecular weight excluding hydrogens is 248 g/mol. The molecule has 17 heavy (non-hydrogen) atoms. The number of amides is 2. The van der Waals surface area contributed by atoms with Crippen LogP contribution in [0.5, 0.6) is 0 Å². The fraction of sp³-hybridized carbons (Fsp3) is 0.600. The third-order valence-electron chi connectivity index (χ3n) is 3.31. The molecular formula is C10H11F2N3OS. The Bertz CT molecular complexity index is 437. The molecule has 2 aliphatic heterocycles. The molecule has 92 valence electrons. The molecule has 1 aromatic rings. The lowest BCUT2D eigenvalue weighted by molar-refractivity contribution is -0.0823. The number of thiazole rings is 1. The molecule has 1 aromatic heterocycles. The van der Waals surface area contributed by atoms with E-state index in [0.717, 1.165) is 11.3 Å². The summed E-state index contributed by atoms with van der Waals surface area (Å²) in [7, 11) is 0. The predicted molar refractivity (Wildman–Crippen MR) is 58.1 cm³/mol. The van der Waals surface area contributed by atoms with E-state index in [4.69, 9.17) is 0 Å². The van der Waals surface area contributed by atoms with Gasteiger partial charge in [0.25, 0.3) is 0 Å². The Labute approximate surface area is 101 Å². The topological polar surface area (TPSA) is 45.2 Å². The highest BCUT2D eigenvalue weighted by molar-refractivity contribution is 7.09. The van der Waals surface area contributed by atoms with Crippen LogP contribution in [-0.4, -0.2) is 34.5 Å². The van der Waals surface area contributed by atoms with Gasteiger partial charge in [0.05, 0.1) is 0 Å². The molecule has 2 fully saturated rings. The van der Waals surface area contributed by atoms with E-state index >= 15 is 0 Å². The summed E-state index contributed by atoms with van der Waals surface area (Å²) >= 11 is 0.931. The lowest BCUT2D eigenvalue weighted by atomic mass is 9.96. The van der Waals surface area contributed by atoms with Crippen molar-refractivity contribution in [1.29, 1.82) is 0 Å². The lowest BCUT2D eigenvalue weighted by Gasteiger charge is -2.35. The standard InChI is InChI=1S/C10H11F2N3OS/c11-10(12,8-13-3-4-17-8)7-2-1-6-5-15(7)9(16)14-6/h3-4,6-7H,1-2,5H2,(H,14,16)/t6?,7-/m0/s1. The van der Waals surface area contributed by atoms with Gasteiger partial charge in [0.15, 0.2) is 5.01 Å². The van der Waals surface area contributed by atoms with Crippen molar-refractivity contribution < 1.29 is 13.6 Å².